The summed E-state index contributed by atoms with van der Waals surface area (Å²) in [6.07, 6.45) is -9.58. The highest BCUT2D eigenvalue weighted by molar-refractivity contribution is 6.62. The van der Waals surface area contributed by atoms with Gasteiger partial charge in [-0.1, -0.05) is 30.3 Å². The van der Waals surface area contributed by atoms with Crippen molar-refractivity contribution in [1.29, 1.82) is 0 Å². The molecule has 0 saturated carbocycles. The second-order valence-corrected chi connectivity index (χ2v) is 7.84. The third kappa shape index (κ3) is 5.33. The van der Waals surface area contributed by atoms with Crippen LogP contribution < -0.4 is 14.9 Å². The first-order valence-corrected chi connectivity index (χ1v) is 10.4. The monoisotopic (exact) mass is 480 g/mol. The Morgan fingerprint density at radius 2 is 1.50 bits per heavy atom. The maximum absolute atomic E-state index is 13.3. The minimum Gasteiger partial charge on any atom is -0.532 e. The van der Waals surface area contributed by atoms with Gasteiger partial charge in [-0.25, -0.2) is 0 Å². The SMILES string of the molecule is COc1ccc2c(c1)C(CCc1ccccc1)OB(c1cc(C(F)(F)F)cc(C(F)(F)F)c1)O2. The zero-order chi connectivity index (χ0) is 24.5. The minimum absolute atomic E-state index is 0.0814. The summed E-state index contributed by atoms with van der Waals surface area (Å²) in [4.78, 5) is 0. The van der Waals surface area contributed by atoms with E-state index in [1.165, 1.54) is 7.11 Å². The molecule has 3 aromatic rings. The predicted octanol–water partition coefficient (Wildman–Crippen LogP) is 6.21. The third-order valence-corrected chi connectivity index (χ3v) is 5.51. The number of benzene rings is 3. The Labute approximate surface area is 192 Å². The molecule has 1 unspecified atom stereocenters. The summed E-state index contributed by atoms with van der Waals surface area (Å²) in [6.45, 7) is 0. The van der Waals surface area contributed by atoms with Crippen LogP contribution in [0.25, 0.3) is 0 Å². The average molecular weight is 480 g/mol. The van der Waals surface area contributed by atoms with Crippen LogP contribution >= 0.6 is 0 Å². The Bertz CT molecular complexity index is 1120. The number of alkyl halides is 6. The normalized spacial score (nSPS) is 16.1. The average Bonchev–Trinajstić information content (AvgIpc) is 2.81. The van der Waals surface area contributed by atoms with E-state index in [0.29, 0.717) is 42.0 Å². The minimum atomic E-state index is -4.97. The molecule has 0 amide bonds. The van der Waals surface area contributed by atoms with Crippen LogP contribution in [0.15, 0.2) is 66.7 Å². The highest BCUT2D eigenvalue weighted by atomic mass is 19.4. The van der Waals surface area contributed by atoms with Gasteiger partial charge < -0.3 is 14.0 Å². The lowest BCUT2D eigenvalue weighted by atomic mass is 9.75. The van der Waals surface area contributed by atoms with Crippen molar-refractivity contribution in [2.75, 3.05) is 7.11 Å². The van der Waals surface area contributed by atoms with Crippen molar-refractivity contribution in [3.05, 3.63) is 89.0 Å². The molecule has 1 aliphatic heterocycles. The van der Waals surface area contributed by atoms with E-state index in [9.17, 15) is 26.3 Å². The van der Waals surface area contributed by atoms with Crippen molar-refractivity contribution in [3.63, 3.8) is 0 Å². The lowest BCUT2D eigenvalue weighted by Crippen LogP contribution is -2.44. The molecule has 0 bridgehead atoms. The largest absolute Gasteiger partial charge is 0.563 e. The highest BCUT2D eigenvalue weighted by Crippen LogP contribution is 2.39. The second-order valence-electron chi connectivity index (χ2n) is 7.84. The van der Waals surface area contributed by atoms with Gasteiger partial charge in [-0.15, -0.1) is 0 Å². The van der Waals surface area contributed by atoms with Crippen LogP contribution in [-0.4, -0.2) is 14.2 Å². The molecule has 0 fully saturated rings. The second kappa shape index (κ2) is 9.25. The van der Waals surface area contributed by atoms with Crippen molar-refractivity contribution in [1.82, 2.24) is 0 Å². The fraction of sp³-hybridized carbons (Fsp3) is 0.250. The van der Waals surface area contributed by atoms with E-state index in [1.54, 1.807) is 18.2 Å². The number of methoxy groups -OCH3 is 1. The molecule has 4 rings (SSSR count). The summed E-state index contributed by atoms with van der Waals surface area (Å²) in [5.74, 6) is 0.827. The molecule has 1 aliphatic rings. The van der Waals surface area contributed by atoms with E-state index in [1.807, 2.05) is 30.3 Å². The number of hydrogen-bond donors (Lipinski definition) is 0. The molecule has 0 N–H and O–H groups in total. The van der Waals surface area contributed by atoms with Crippen molar-refractivity contribution < 1.29 is 40.4 Å². The van der Waals surface area contributed by atoms with Crippen molar-refractivity contribution in [2.24, 2.45) is 0 Å². The number of aryl methyl sites for hydroxylation is 1. The zero-order valence-electron chi connectivity index (χ0n) is 17.9. The fourth-order valence-corrected chi connectivity index (χ4v) is 3.81. The van der Waals surface area contributed by atoms with Crippen LogP contribution in [0.3, 0.4) is 0 Å². The van der Waals surface area contributed by atoms with E-state index in [0.717, 1.165) is 5.56 Å². The third-order valence-electron chi connectivity index (χ3n) is 5.51. The molecular weight excluding hydrogens is 461 g/mol. The molecule has 0 aliphatic carbocycles. The molecule has 3 aromatic carbocycles. The van der Waals surface area contributed by atoms with Gasteiger partial charge in [0.05, 0.1) is 24.3 Å². The van der Waals surface area contributed by atoms with Gasteiger partial charge in [-0.3, -0.25) is 0 Å². The number of fused-ring (bicyclic) bond motifs is 1. The van der Waals surface area contributed by atoms with E-state index < -0.39 is 36.7 Å². The van der Waals surface area contributed by atoms with Crippen LogP contribution in [0.2, 0.25) is 0 Å². The van der Waals surface area contributed by atoms with Gasteiger partial charge in [-0.2, -0.15) is 26.3 Å². The topological polar surface area (TPSA) is 27.7 Å². The maximum atomic E-state index is 13.3. The molecule has 1 atom stereocenters. The van der Waals surface area contributed by atoms with Crippen LogP contribution in [0.4, 0.5) is 26.3 Å². The summed E-state index contributed by atoms with van der Waals surface area (Å²) >= 11 is 0. The fourth-order valence-electron chi connectivity index (χ4n) is 3.81. The predicted molar refractivity (Wildman–Crippen MR) is 114 cm³/mol. The molecule has 34 heavy (non-hydrogen) atoms. The smallest absolute Gasteiger partial charge is 0.532 e. The standard InChI is InChI=1S/C24H19BF6O3/c1-32-19-8-10-22-20(14-19)21(9-7-15-5-3-2-4-6-15)33-25(34-22)18-12-16(23(26,27)28)11-17(13-18)24(29,30)31/h2-6,8,10-14,21H,7,9H2,1H3. The summed E-state index contributed by atoms with van der Waals surface area (Å²) in [5.41, 5.74) is -1.60. The van der Waals surface area contributed by atoms with Gasteiger partial charge in [0.1, 0.15) is 11.5 Å². The van der Waals surface area contributed by atoms with Crippen LogP contribution in [0, 0.1) is 0 Å². The molecule has 0 radical (unpaired) electrons. The van der Waals surface area contributed by atoms with E-state index in [-0.39, 0.29) is 11.5 Å². The first-order valence-electron chi connectivity index (χ1n) is 10.4. The Balaban J connectivity index is 1.71. The number of rotatable bonds is 5. The maximum Gasteiger partial charge on any atom is 0.563 e. The summed E-state index contributed by atoms with van der Waals surface area (Å²) in [5, 5.41) is 0. The van der Waals surface area contributed by atoms with Crippen LogP contribution in [-0.2, 0) is 23.4 Å². The lowest BCUT2D eigenvalue weighted by Gasteiger charge is -2.32. The van der Waals surface area contributed by atoms with Crippen molar-refractivity contribution in [2.45, 2.75) is 31.3 Å². The highest BCUT2D eigenvalue weighted by Gasteiger charge is 2.41. The molecule has 0 saturated heterocycles. The molecular formula is C24H19BF6O3. The molecule has 3 nitrogen and oxygen atoms in total. The molecule has 178 valence electrons. The van der Waals surface area contributed by atoms with Gasteiger partial charge in [0, 0.05) is 5.56 Å². The van der Waals surface area contributed by atoms with Gasteiger partial charge >= 0.3 is 19.5 Å². The first-order chi connectivity index (χ1) is 16.0. The summed E-state index contributed by atoms with van der Waals surface area (Å²) < 4.78 is 97.0. The van der Waals surface area contributed by atoms with Gasteiger partial charge in [0.2, 0.25) is 0 Å². The van der Waals surface area contributed by atoms with Crippen molar-refractivity contribution in [3.8, 4) is 11.5 Å². The van der Waals surface area contributed by atoms with Crippen LogP contribution in [0.1, 0.15) is 34.8 Å². The molecule has 1 heterocycles. The van der Waals surface area contributed by atoms with E-state index in [2.05, 4.69) is 0 Å². The van der Waals surface area contributed by atoms with Gasteiger partial charge in [0.15, 0.2) is 0 Å². The Hall–Kier alpha value is -3.14. The van der Waals surface area contributed by atoms with Crippen LogP contribution in [0.5, 0.6) is 11.5 Å². The van der Waals surface area contributed by atoms with E-state index in [4.69, 9.17) is 14.0 Å². The Morgan fingerprint density at radius 1 is 0.853 bits per heavy atom. The number of hydrogen-bond acceptors (Lipinski definition) is 3. The van der Waals surface area contributed by atoms with Gasteiger partial charge in [-0.05, 0) is 60.3 Å². The summed E-state index contributed by atoms with van der Waals surface area (Å²) in [7, 11) is 0.0279. The Morgan fingerprint density at radius 3 is 2.09 bits per heavy atom. The first kappa shape index (κ1) is 24.0. The van der Waals surface area contributed by atoms with Gasteiger partial charge in [0.25, 0.3) is 0 Å². The Kier molecular flexibility index (Phi) is 6.53. The molecule has 10 heteroatoms. The zero-order valence-corrected chi connectivity index (χ0v) is 17.9. The van der Waals surface area contributed by atoms with E-state index >= 15 is 0 Å². The number of halogens is 6. The molecule has 0 aromatic heterocycles. The lowest BCUT2D eigenvalue weighted by molar-refractivity contribution is -0.142. The molecule has 0 spiro atoms. The van der Waals surface area contributed by atoms with Crippen molar-refractivity contribution >= 4 is 12.6 Å². The number of ether oxygens (including phenoxy) is 1. The quantitative estimate of drug-likeness (QED) is 0.321. The summed E-state index contributed by atoms with van der Waals surface area (Å²) in [6, 6.07) is 15.7.